The van der Waals surface area contributed by atoms with Gasteiger partial charge in [0.1, 0.15) is 11.5 Å². The van der Waals surface area contributed by atoms with E-state index in [4.69, 9.17) is 14.1 Å². The van der Waals surface area contributed by atoms with Crippen molar-refractivity contribution in [3.63, 3.8) is 0 Å². The highest BCUT2D eigenvalue weighted by atomic mass is 127. The number of halogens is 1. The molecule has 2 unspecified atom stereocenters. The van der Waals surface area contributed by atoms with Crippen LogP contribution in [0.1, 0.15) is 57.1 Å². The van der Waals surface area contributed by atoms with E-state index in [2.05, 4.69) is 15.5 Å². The van der Waals surface area contributed by atoms with Gasteiger partial charge in [-0.05, 0) is 76.5 Å². The molecule has 2 aromatic rings. The molecule has 3 rings (SSSR count). The van der Waals surface area contributed by atoms with Gasteiger partial charge in [-0.25, -0.2) is 0 Å². The molecule has 0 amide bonds. The highest BCUT2D eigenvalue weighted by Gasteiger charge is 2.25. The number of nitrogens with zero attached hydrogens (tertiary/aromatic N) is 2. The number of aliphatic hydroxyl groups excluding tert-OH is 1. The Morgan fingerprint density at radius 3 is 2.47 bits per heavy atom. The molecule has 1 saturated heterocycles. The van der Waals surface area contributed by atoms with E-state index in [-0.39, 0.29) is 36.1 Å². The second-order valence-corrected chi connectivity index (χ2v) is 8.13. The number of benzene rings is 1. The highest BCUT2D eigenvalue weighted by molar-refractivity contribution is 14.0. The molecule has 32 heavy (non-hydrogen) atoms. The van der Waals surface area contributed by atoms with Crippen molar-refractivity contribution in [2.24, 2.45) is 4.99 Å². The summed E-state index contributed by atoms with van der Waals surface area (Å²) in [7, 11) is 0. The first-order valence-electron chi connectivity index (χ1n) is 11.3. The number of hydrogen-bond acceptors (Lipinski definition) is 5. The molecular formula is C24H37IN4O3. The minimum atomic E-state index is -0.642. The van der Waals surface area contributed by atoms with E-state index in [0.29, 0.717) is 19.0 Å². The van der Waals surface area contributed by atoms with Crippen LogP contribution in [0.2, 0.25) is 0 Å². The van der Waals surface area contributed by atoms with Crippen LogP contribution in [-0.4, -0.2) is 54.8 Å². The van der Waals surface area contributed by atoms with Gasteiger partial charge in [0.05, 0.1) is 31.1 Å². The maximum Gasteiger partial charge on any atom is 0.191 e. The van der Waals surface area contributed by atoms with E-state index >= 15 is 0 Å². The van der Waals surface area contributed by atoms with E-state index in [1.807, 2.05) is 57.2 Å². The van der Waals surface area contributed by atoms with Crippen LogP contribution in [0.25, 0.3) is 0 Å². The van der Waals surface area contributed by atoms with E-state index in [1.165, 1.54) is 12.8 Å². The zero-order valence-electron chi connectivity index (χ0n) is 19.3. The lowest BCUT2D eigenvalue weighted by Gasteiger charge is -2.25. The van der Waals surface area contributed by atoms with Gasteiger partial charge in [-0.1, -0.05) is 12.1 Å². The molecule has 1 aliphatic heterocycles. The summed E-state index contributed by atoms with van der Waals surface area (Å²) in [5, 5.41) is 17.1. The molecular weight excluding hydrogens is 519 g/mol. The topological polar surface area (TPSA) is 82.3 Å². The minimum absolute atomic E-state index is 0. The molecule has 1 aromatic heterocycles. The van der Waals surface area contributed by atoms with Gasteiger partial charge in [-0.15, -0.1) is 24.0 Å². The van der Waals surface area contributed by atoms with Crippen LogP contribution in [0.5, 0.6) is 5.75 Å². The Bertz CT molecular complexity index is 790. The van der Waals surface area contributed by atoms with Crippen molar-refractivity contribution < 1.29 is 14.3 Å². The number of nitrogens with one attached hydrogen (secondary N) is 2. The summed E-state index contributed by atoms with van der Waals surface area (Å²) >= 11 is 0. The fourth-order valence-corrected chi connectivity index (χ4v) is 3.79. The number of guanidine groups is 1. The Balaban J connectivity index is 0.00000363. The lowest BCUT2D eigenvalue weighted by molar-refractivity contribution is 0.180. The molecule has 2 heterocycles. The van der Waals surface area contributed by atoms with Gasteiger partial charge in [-0.2, -0.15) is 0 Å². The molecule has 7 nitrogen and oxygen atoms in total. The van der Waals surface area contributed by atoms with Crippen molar-refractivity contribution in [3.8, 4) is 5.75 Å². The molecule has 0 radical (unpaired) electrons. The monoisotopic (exact) mass is 556 g/mol. The van der Waals surface area contributed by atoms with Crippen LogP contribution in [0.15, 0.2) is 52.1 Å². The second kappa shape index (κ2) is 13.7. The molecule has 0 spiro atoms. The summed E-state index contributed by atoms with van der Waals surface area (Å²) in [5.41, 5.74) is 0.838. The number of aliphatic imine (C=N–C) groups is 1. The van der Waals surface area contributed by atoms with Gasteiger partial charge in [0.2, 0.25) is 0 Å². The number of ether oxygens (including phenoxy) is 1. The Labute approximate surface area is 208 Å². The molecule has 1 aliphatic rings. The second-order valence-electron chi connectivity index (χ2n) is 8.13. The van der Waals surface area contributed by atoms with Crippen LogP contribution in [0.4, 0.5) is 0 Å². The first-order chi connectivity index (χ1) is 15.1. The number of hydrogen-bond donors (Lipinski definition) is 3. The number of likely N-dealkylation sites (tertiary alicyclic amines) is 1. The molecule has 0 bridgehead atoms. The largest absolute Gasteiger partial charge is 0.491 e. The number of aliphatic hydroxyl groups is 1. The Kier molecular flexibility index (Phi) is 11.3. The average Bonchev–Trinajstić information content (AvgIpc) is 3.47. The van der Waals surface area contributed by atoms with Crippen molar-refractivity contribution in [2.75, 3.05) is 32.7 Å². The quantitative estimate of drug-likeness (QED) is 0.232. The third-order valence-electron chi connectivity index (χ3n) is 5.32. The average molecular weight is 556 g/mol. The lowest BCUT2D eigenvalue weighted by Crippen LogP contribution is -2.40. The molecule has 0 aliphatic carbocycles. The molecule has 2 atom stereocenters. The Morgan fingerprint density at radius 1 is 1.16 bits per heavy atom. The van der Waals surface area contributed by atoms with Crippen molar-refractivity contribution >= 4 is 29.9 Å². The maximum absolute atomic E-state index is 10.6. The van der Waals surface area contributed by atoms with Crippen molar-refractivity contribution in [1.82, 2.24) is 15.5 Å². The van der Waals surface area contributed by atoms with Crippen LogP contribution >= 0.6 is 24.0 Å². The van der Waals surface area contributed by atoms with E-state index in [1.54, 1.807) is 6.26 Å². The van der Waals surface area contributed by atoms with Gasteiger partial charge in [0.25, 0.3) is 0 Å². The van der Waals surface area contributed by atoms with Crippen LogP contribution in [0.3, 0.4) is 0 Å². The van der Waals surface area contributed by atoms with E-state index in [0.717, 1.165) is 36.7 Å². The zero-order valence-corrected chi connectivity index (χ0v) is 21.6. The van der Waals surface area contributed by atoms with Gasteiger partial charge >= 0.3 is 0 Å². The standard InChI is InChI=1S/C24H36N4O3.HI/c1-4-25-24(26-16-21(23-8-7-15-30-23)28-13-5-6-14-28)27-17-22(29)19-9-11-20(12-10-19)31-18(2)3;/h7-12,15,18,21-22,29H,4-6,13-14,16-17H2,1-3H3,(H2,25,26,27);1H. The Hall–Kier alpha value is -1.78. The molecule has 3 N–H and O–H groups in total. The SMILES string of the molecule is CCNC(=NCC(c1ccco1)N1CCCC1)NCC(O)c1ccc(OC(C)C)cc1.I. The smallest absolute Gasteiger partial charge is 0.191 e. The number of furan rings is 1. The van der Waals surface area contributed by atoms with Gasteiger partial charge < -0.3 is 24.9 Å². The summed E-state index contributed by atoms with van der Waals surface area (Å²) in [6.45, 7) is 9.87. The minimum Gasteiger partial charge on any atom is -0.491 e. The highest BCUT2D eigenvalue weighted by Crippen LogP contribution is 2.25. The first-order valence-corrected chi connectivity index (χ1v) is 11.3. The van der Waals surface area contributed by atoms with Crippen LogP contribution in [0, 0.1) is 0 Å². The summed E-state index contributed by atoms with van der Waals surface area (Å²) < 4.78 is 11.4. The predicted octanol–water partition coefficient (Wildman–Crippen LogP) is 4.11. The molecule has 8 heteroatoms. The third-order valence-corrected chi connectivity index (χ3v) is 5.32. The predicted molar refractivity (Wildman–Crippen MR) is 139 cm³/mol. The summed E-state index contributed by atoms with van der Waals surface area (Å²) in [5.74, 6) is 2.45. The molecule has 0 saturated carbocycles. The molecule has 178 valence electrons. The molecule has 1 aromatic carbocycles. The maximum atomic E-state index is 10.6. The normalized spacial score (nSPS) is 16.5. The van der Waals surface area contributed by atoms with Crippen LogP contribution < -0.4 is 15.4 Å². The summed E-state index contributed by atoms with van der Waals surface area (Å²) in [4.78, 5) is 7.22. The third kappa shape index (κ3) is 7.97. The summed E-state index contributed by atoms with van der Waals surface area (Å²) in [6, 6.07) is 11.7. The van der Waals surface area contributed by atoms with E-state index in [9.17, 15) is 5.11 Å². The fourth-order valence-electron chi connectivity index (χ4n) is 3.79. The fraction of sp³-hybridized carbons (Fsp3) is 0.542. The van der Waals surface area contributed by atoms with Gasteiger partial charge in [-0.3, -0.25) is 9.89 Å². The molecule has 1 fully saturated rings. The number of rotatable bonds is 10. The summed E-state index contributed by atoms with van der Waals surface area (Å²) in [6.07, 6.45) is 3.64. The van der Waals surface area contributed by atoms with Gasteiger partial charge in [0, 0.05) is 13.1 Å². The van der Waals surface area contributed by atoms with Crippen molar-refractivity contribution in [2.45, 2.75) is 51.9 Å². The first kappa shape index (κ1) is 26.5. The van der Waals surface area contributed by atoms with Crippen LogP contribution in [-0.2, 0) is 0 Å². The zero-order chi connectivity index (χ0) is 22.1. The van der Waals surface area contributed by atoms with Gasteiger partial charge in [0.15, 0.2) is 5.96 Å². The van der Waals surface area contributed by atoms with Crippen molar-refractivity contribution in [1.29, 1.82) is 0 Å². The van der Waals surface area contributed by atoms with Crippen molar-refractivity contribution in [3.05, 3.63) is 54.0 Å². The van der Waals surface area contributed by atoms with E-state index < -0.39 is 6.10 Å². The lowest BCUT2D eigenvalue weighted by atomic mass is 10.1. The Morgan fingerprint density at radius 2 is 1.88 bits per heavy atom.